The number of rotatable bonds is 11. The lowest BCUT2D eigenvalue weighted by Crippen LogP contribution is -2.54. The van der Waals surface area contributed by atoms with E-state index in [4.69, 9.17) is 14.2 Å². The SMILES string of the molecule is CCOC(=O)CC[C@@H](NC(=O)[C@@H](NC(=O)OC(C)(C)C)C(C)C)C(=O)OCc1ccccc1. The van der Waals surface area contributed by atoms with E-state index in [0.29, 0.717) is 0 Å². The molecule has 0 radical (unpaired) electrons. The van der Waals surface area contributed by atoms with Crippen LogP contribution in [-0.4, -0.2) is 48.2 Å². The van der Waals surface area contributed by atoms with Crippen LogP contribution in [0, 0.1) is 5.92 Å². The van der Waals surface area contributed by atoms with E-state index in [9.17, 15) is 19.2 Å². The number of benzene rings is 1. The van der Waals surface area contributed by atoms with E-state index in [2.05, 4.69) is 10.6 Å². The number of hydrogen-bond donors (Lipinski definition) is 2. The second kappa shape index (κ2) is 13.4. The number of ether oxygens (including phenoxy) is 3. The third-order valence-corrected chi connectivity index (χ3v) is 4.39. The van der Waals surface area contributed by atoms with Crippen molar-refractivity contribution in [3.05, 3.63) is 35.9 Å². The quantitative estimate of drug-likeness (QED) is 0.381. The van der Waals surface area contributed by atoms with Crippen molar-refractivity contribution >= 4 is 23.9 Å². The van der Waals surface area contributed by atoms with Gasteiger partial charge in [0.05, 0.1) is 6.61 Å². The monoisotopic (exact) mass is 464 g/mol. The van der Waals surface area contributed by atoms with Gasteiger partial charge >= 0.3 is 18.0 Å². The van der Waals surface area contributed by atoms with E-state index in [0.717, 1.165) is 5.56 Å². The molecular weight excluding hydrogens is 428 g/mol. The Hall–Kier alpha value is -3.10. The third kappa shape index (κ3) is 11.4. The maximum atomic E-state index is 12.9. The Morgan fingerprint density at radius 2 is 1.61 bits per heavy atom. The van der Waals surface area contributed by atoms with Crippen LogP contribution in [0.15, 0.2) is 30.3 Å². The van der Waals surface area contributed by atoms with Crippen molar-refractivity contribution in [3.8, 4) is 0 Å². The van der Waals surface area contributed by atoms with E-state index in [1.807, 2.05) is 18.2 Å². The van der Waals surface area contributed by atoms with Gasteiger partial charge in [-0.25, -0.2) is 9.59 Å². The minimum absolute atomic E-state index is 0.00451. The van der Waals surface area contributed by atoms with Crippen molar-refractivity contribution in [1.82, 2.24) is 10.6 Å². The summed E-state index contributed by atoms with van der Waals surface area (Å²) in [6.45, 7) is 10.6. The van der Waals surface area contributed by atoms with E-state index < -0.39 is 41.6 Å². The first kappa shape index (κ1) is 27.9. The van der Waals surface area contributed by atoms with Crippen molar-refractivity contribution in [2.24, 2.45) is 5.92 Å². The average molecular weight is 465 g/mol. The van der Waals surface area contributed by atoms with Crippen molar-refractivity contribution in [2.75, 3.05) is 6.61 Å². The summed E-state index contributed by atoms with van der Waals surface area (Å²) in [7, 11) is 0. The Labute approximate surface area is 195 Å². The van der Waals surface area contributed by atoms with Crippen molar-refractivity contribution < 1.29 is 33.4 Å². The lowest BCUT2D eigenvalue weighted by molar-refractivity contribution is -0.150. The maximum Gasteiger partial charge on any atom is 0.408 e. The number of amides is 2. The summed E-state index contributed by atoms with van der Waals surface area (Å²) in [6, 6.07) is 7.05. The average Bonchev–Trinajstić information content (AvgIpc) is 2.72. The highest BCUT2D eigenvalue weighted by Crippen LogP contribution is 2.11. The Balaban J connectivity index is 2.88. The molecular formula is C24H36N2O7. The number of carbonyl (C=O) groups is 4. The molecule has 0 saturated carbocycles. The second-order valence-corrected chi connectivity index (χ2v) is 8.87. The summed E-state index contributed by atoms with van der Waals surface area (Å²) in [4.78, 5) is 49.6. The molecule has 2 N–H and O–H groups in total. The minimum atomic E-state index is -1.09. The van der Waals surface area contributed by atoms with Gasteiger partial charge in [-0.15, -0.1) is 0 Å². The molecule has 1 rings (SSSR count). The molecule has 2 atom stereocenters. The predicted molar refractivity (Wildman–Crippen MR) is 122 cm³/mol. The van der Waals surface area contributed by atoms with Crippen LogP contribution in [0.3, 0.4) is 0 Å². The molecule has 33 heavy (non-hydrogen) atoms. The molecule has 0 aromatic heterocycles. The summed E-state index contributed by atoms with van der Waals surface area (Å²) < 4.78 is 15.5. The van der Waals surface area contributed by atoms with Gasteiger partial charge in [0.15, 0.2) is 0 Å². The van der Waals surface area contributed by atoms with Crippen LogP contribution in [-0.2, 0) is 35.2 Å². The first-order valence-corrected chi connectivity index (χ1v) is 11.1. The van der Waals surface area contributed by atoms with E-state index in [1.165, 1.54) is 0 Å². The Kier molecular flexibility index (Phi) is 11.4. The van der Waals surface area contributed by atoms with Gasteiger partial charge in [0.1, 0.15) is 24.3 Å². The summed E-state index contributed by atoms with van der Waals surface area (Å²) in [5.74, 6) is -2.04. The van der Waals surface area contributed by atoms with Crippen LogP contribution in [0.1, 0.15) is 59.9 Å². The third-order valence-electron chi connectivity index (χ3n) is 4.39. The molecule has 2 amide bonds. The van der Waals surface area contributed by atoms with E-state index in [-0.39, 0.29) is 32.0 Å². The van der Waals surface area contributed by atoms with Crippen LogP contribution in [0.4, 0.5) is 4.79 Å². The largest absolute Gasteiger partial charge is 0.466 e. The molecule has 184 valence electrons. The topological polar surface area (TPSA) is 120 Å². The number of nitrogens with one attached hydrogen (secondary N) is 2. The Morgan fingerprint density at radius 3 is 2.15 bits per heavy atom. The van der Waals surface area contributed by atoms with Crippen LogP contribution in [0.5, 0.6) is 0 Å². The summed E-state index contributed by atoms with van der Waals surface area (Å²) in [6.07, 6.45) is -0.827. The second-order valence-electron chi connectivity index (χ2n) is 8.87. The maximum absolute atomic E-state index is 12.9. The molecule has 9 heteroatoms. The van der Waals surface area contributed by atoms with E-state index >= 15 is 0 Å². The van der Waals surface area contributed by atoms with E-state index in [1.54, 1.807) is 53.7 Å². The zero-order valence-corrected chi connectivity index (χ0v) is 20.3. The molecule has 0 aliphatic rings. The highest BCUT2D eigenvalue weighted by Gasteiger charge is 2.31. The molecule has 0 saturated heterocycles. The fourth-order valence-corrected chi connectivity index (χ4v) is 2.80. The minimum Gasteiger partial charge on any atom is -0.466 e. The normalized spacial score (nSPS) is 12.9. The van der Waals surface area contributed by atoms with Crippen molar-refractivity contribution in [3.63, 3.8) is 0 Å². The van der Waals surface area contributed by atoms with Gasteiger partial charge in [-0.1, -0.05) is 44.2 Å². The molecule has 0 fully saturated rings. The molecule has 0 bridgehead atoms. The first-order valence-electron chi connectivity index (χ1n) is 11.1. The first-order chi connectivity index (χ1) is 15.4. The van der Waals surface area contributed by atoms with Gasteiger partial charge in [-0.2, -0.15) is 0 Å². The number of carbonyl (C=O) groups excluding carboxylic acids is 4. The van der Waals surface area contributed by atoms with Crippen LogP contribution in [0.2, 0.25) is 0 Å². The standard InChI is InChI=1S/C24H36N2O7/c1-7-31-19(27)14-13-18(22(29)32-15-17-11-9-8-10-12-17)25-21(28)20(16(2)3)26-23(30)33-24(4,5)6/h8-12,16,18,20H,7,13-15H2,1-6H3,(H,25,28)(H,26,30)/t18-,20+/m1/s1. The molecule has 1 aromatic rings. The fourth-order valence-electron chi connectivity index (χ4n) is 2.80. The van der Waals surface area contributed by atoms with Gasteiger partial charge in [0.2, 0.25) is 5.91 Å². The number of esters is 2. The van der Waals surface area contributed by atoms with Gasteiger partial charge in [-0.05, 0) is 45.6 Å². The smallest absolute Gasteiger partial charge is 0.408 e. The zero-order valence-electron chi connectivity index (χ0n) is 20.3. The summed E-state index contributed by atoms with van der Waals surface area (Å²) in [5, 5.41) is 5.15. The van der Waals surface area contributed by atoms with Crippen LogP contribution >= 0.6 is 0 Å². The van der Waals surface area contributed by atoms with Crippen molar-refractivity contribution in [1.29, 1.82) is 0 Å². The van der Waals surface area contributed by atoms with Gasteiger partial charge in [0, 0.05) is 6.42 Å². The lowest BCUT2D eigenvalue weighted by atomic mass is 10.0. The molecule has 0 unspecified atom stereocenters. The molecule has 0 spiro atoms. The highest BCUT2D eigenvalue weighted by atomic mass is 16.6. The van der Waals surface area contributed by atoms with Crippen LogP contribution in [0.25, 0.3) is 0 Å². The number of hydrogen-bond acceptors (Lipinski definition) is 7. The zero-order chi connectivity index (χ0) is 25.0. The molecule has 1 aromatic carbocycles. The van der Waals surface area contributed by atoms with Gasteiger partial charge < -0.3 is 24.8 Å². The summed E-state index contributed by atoms with van der Waals surface area (Å²) >= 11 is 0. The molecule has 0 aliphatic carbocycles. The van der Waals surface area contributed by atoms with Crippen molar-refractivity contribution in [2.45, 2.75) is 78.7 Å². The molecule has 9 nitrogen and oxygen atoms in total. The number of alkyl carbamates (subject to hydrolysis) is 1. The van der Waals surface area contributed by atoms with Gasteiger partial charge in [-0.3, -0.25) is 9.59 Å². The summed E-state index contributed by atoms with van der Waals surface area (Å²) in [5.41, 5.74) is 0.0545. The fraction of sp³-hybridized carbons (Fsp3) is 0.583. The van der Waals surface area contributed by atoms with Gasteiger partial charge in [0.25, 0.3) is 0 Å². The molecule has 0 heterocycles. The Bertz CT molecular complexity index is 788. The highest BCUT2D eigenvalue weighted by molar-refractivity contribution is 5.90. The Morgan fingerprint density at radius 1 is 0.970 bits per heavy atom. The van der Waals surface area contributed by atoms with Crippen LogP contribution < -0.4 is 10.6 Å². The predicted octanol–water partition coefficient (Wildman–Crippen LogP) is 3.11. The lowest BCUT2D eigenvalue weighted by Gasteiger charge is -2.26. The molecule has 0 aliphatic heterocycles.